The molecule has 0 saturated heterocycles. The van der Waals surface area contributed by atoms with Crippen LogP contribution in [0.5, 0.6) is 5.75 Å². The quantitative estimate of drug-likeness (QED) is 0.529. The van der Waals surface area contributed by atoms with Crippen LogP contribution >= 0.6 is 0 Å². The summed E-state index contributed by atoms with van der Waals surface area (Å²) in [5.74, 6) is -1.19. The number of carboxylic acids is 1. The van der Waals surface area contributed by atoms with Gasteiger partial charge in [0, 0.05) is 36.2 Å². The Bertz CT molecular complexity index is 875. The van der Waals surface area contributed by atoms with Gasteiger partial charge in [0.25, 0.3) is 5.91 Å². The zero-order valence-corrected chi connectivity index (χ0v) is 15.9. The topological polar surface area (TPSA) is 122 Å². The Morgan fingerprint density at radius 2 is 1.48 bits per heavy atom. The van der Waals surface area contributed by atoms with Crippen LogP contribution in [0, 0.1) is 0 Å². The van der Waals surface area contributed by atoms with Crippen LogP contribution in [0.3, 0.4) is 0 Å². The molecule has 0 fully saturated rings. The lowest BCUT2D eigenvalue weighted by Gasteiger charge is -2.07. The van der Waals surface area contributed by atoms with Crippen molar-refractivity contribution in [2.75, 3.05) is 19.0 Å². The molecule has 0 aliphatic heterocycles. The van der Waals surface area contributed by atoms with Gasteiger partial charge in [0.15, 0.2) is 5.78 Å². The van der Waals surface area contributed by atoms with Gasteiger partial charge in [-0.3, -0.25) is 19.2 Å². The molecule has 2 rings (SSSR count). The molecular weight excluding hydrogens is 376 g/mol. The number of anilines is 1. The molecule has 0 saturated carbocycles. The third-order valence-electron chi connectivity index (χ3n) is 4.05. The summed E-state index contributed by atoms with van der Waals surface area (Å²) >= 11 is 0. The molecule has 8 nitrogen and oxygen atoms in total. The van der Waals surface area contributed by atoms with Crippen molar-refractivity contribution in [1.82, 2.24) is 5.32 Å². The Morgan fingerprint density at radius 1 is 0.862 bits per heavy atom. The summed E-state index contributed by atoms with van der Waals surface area (Å²) in [7, 11) is 1.54. The van der Waals surface area contributed by atoms with Crippen LogP contribution in [0.15, 0.2) is 48.5 Å². The molecular formula is C21H22N2O6. The lowest BCUT2D eigenvalue weighted by atomic mass is 10.1. The Morgan fingerprint density at radius 3 is 2.07 bits per heavy atom. The van der Waals surface area contributed by atoms with E-state index in [1.807, 2.05) is 0 Å². The maximum atomic E-state index is 12.1. The van der Waals surface area contributed by atoms with Crippen LogP contribution in [-0.2, 0) is 9.59 Å². The number of hydrogen-bond acceptors (Lipinski definition) is 5. The Balaban J connectivity index is 1.80. The summed E-state index contributed by atoms with van der Waals surface area (Å²) in [5.41, 5.74) is 1.36. The van der Waals surface area contributed by atoms with Crippen molar-refractivity contribution in [2.45, 2.75) is 19.3 Å². The van der Waals surface area contributed by atoms with E-state index in [9.17, 15) is 19.2 Å². The minimum atomic E-state index is -0.992. The smallest absolute Gasteiger partial charge is 0.305 e. The minimum absolute atomic E-state index is 0.0300. The number of ketones is 1. The third kappa shape index (κ3) is 7.10. The lowest BCUT2D eigenvalue weighted by Crippen LogP contribution is -2.25. The number of methoxy groups -OCH3 is 1. The maximum Gasteiger partial charge on any atom is 0.305 e. The van der Waals surface area contributed by atoms with E-state index >= 15 is 0 Å². The highest BCUT2D eigenvalue weighted by atomic mass is 16.5. The molecule has 0 unspecified atom stereocenters. The van der Waals surface area contributed by atoms with E-state index in [1.165, 1.54) is 12.1 Å². The molecule has 2 aromatic carbocycles. The number of benzene rings is 2. The van der Waals surface area contributed by atoms with Crippen molar-refractivity contribution < 1.29 is 29.0 Å². The van der Waals surface area contributed by atoms with Gasteiger partial charge in [0.2, 0.25) is 5.91 Å². The van der Waals surface area contributed by atoms with E-state index in [0.29, 0.717) is 22.6 Å². The molecule has 0 atom stereocenters. The highest BCUT2D eigenvalue weighted by Crippen LogP contribution is 2.14. The van der Waals surface area contributed by atoms with Crippen molar-refractivity contribution in [2.24, 2.45) is 0 Å². The normalized spacial score (nSPS) is 10.1. The third-order valence-corrected chi connectivity index (χ3v) is 4.05. The second kappa shape index (κ2) is 10.6. The number of amides is 2. The van der Waals surface area contributed by atoms with Gasteiger partial charge in [-0.05, 0) is 48.5 Å². The van der Waals surface area contributed by atoms with Crippen LogP contribution in [0.25, 0.3) is 0 Å². The zero-order chi connectivity index (χ0) is 21.2. The number of carbonyl (C=O) groups is 4. The Kier molecular flexibility index (Phi) is 7.90. The van der Waals surface area contributed by atoms with Crippen molar-refractivity contribution in [3.63, 3.8) is 0 Å². The molecule has 2 aromatic rings. The van der Waals surface area contributed by atoms with E-state index in [2.05, 4.69) is 10.6 Å². The highest BCUT2D eigenvalue weighted by molar-refractivity contribution is 6.00. The first kappa shape index (κ1) is 21.6. The van der Waals surface area contributed by atoms with Crippen molar-refractivity contribution in [3.8, 4) is 5.75 Å². The second-order valence-corrected chi connectivity index (χ2v) is 6.18. The molecule has 3 N–H and O–H groups in total. The molecule has 0 aliphatic carbocycles. The number of rotatable bonds is 10. The van der Waals surface area contributed by atoms with Gasteiger partial charge in [-0.2, -0.15) is 0 Å². The molecule has 152 valence electrons. The van der Waals surface area contributed by atoms with Crippen molar-refractivity contribution >= 4 is 29.3 Å². The molecule has 0 spiro atoms. The number of nitrogens with one attached hydrogen (secondary N) is 2. The summed E-state index contributed by atoms with van der Waals surface area (Å²) in [6.45, 7) is 0.0366. The van der Waals surface area contributed by atoms with Crippen LogP contribution in [0.1, 0.15) is 40.0 Å². The monoisotopic (exact) mass is 398 g/mol. The average molecular weight is 398 g/mol. The van der Waals surface area contributed by atoms with Crippen LogP contribution in [-0.4, -0.2) is 42.3 Å². The lowest BCUT2D eigenvalue weighted by molar-refractivity contribution is -0.136. The van der Waals surface area contributed by atoms with Crippen LogP contribution in [0.2, 0.25) is 0 Å². The largest absolute Gasteiger partial charge is 0.497 e. The fraction of sp³-hybridized carbons (Fsp3) is 0.238. The molecule has 29 heavy (non-hydrogen) atoms. The van der Waals surface area contributed by atoms with Crippen LogP contribution in [0.4, 0.5) is 5.69 Å². The van der Waals surface area contributed by atoms with Crippen molar-refractivity contribution in [1.29, 1.82) is 0 Å². The number of carbonyl (C=O) groups excluding carboxylic acids is 3. The molecule has 0 aromatic heterocycles. The summed E-state index contributed by atoms with van der Waals surface area (Å²) in [5, 5.41) is 13.7. The molecule has 8 heteroatoms. The summed E-state index contributed by atoms with van der Waals surface area (Å²) < 4.78 is 5.04. The van der Waals surface area contributed by atoms with E-state index in [-0.39, 0.29) is 37.5 Å². The molecule has 0 radical (unpaired) electrons. The second-order valence-electron chi connectivity index (χ2n) is 6.18. The summed E-state index contributed by atoms with van der Waals surface area (Å²) in [6, 6.07) is 12.9. The van der Waals surface area contributed by atoms with E-state index in [1.54, 1.807) is 43.5 Å². The minimum Gasteiger partial charge on any atom is -0.497 e. The fourth-order valence-corrected chi connectivity index (χ4v) is 2.46. The van der Waals surface area contributed by atoms with E-state index in [4.69, 9.17) is 9.84 Å². The van der Waals surface area contributed by atoms with Gasteiger partial charge in [-0.25, -0.2) is 0 Å². The molecule has 0 bridgehead atoms. The van der Waals surface area contributed by atoms with Gasteiger partial charge in [-0.1, -0.05) is 0 Å². The number of ether oxygens (including phenoxy) is 1. The van der Waals surface area contributed by atoms with E-state index in [0.717, 1.165) is 0 Å². The first-order valence-corrected chi connectivity index (χ1v) is 8.96. The Labute approximate surface area is 167 Å². The number of carboxylic acid groups (broad SMARTS) is 1. The zero-order valence-electron chi connectivity index (χ0n) is 15.9. The predicted molar refractivity (Wildman–Crippen MR) is 106 cm³/mol. The summed E-state index contributed by atoms with van der Waals surface area (Å²) in [4.78, 5) is 46.5. The number of Topliss-reactive ketones (excluding diaryl/α,β-unsaturated/α-hetero) is 1. The summed E-state index contributed by atoms with van der Waals surface area (Å²) in [6.07, 6.45) is -0.0559. The average Bonchev–Trinajstić information content (AvgIpc) is 2.72. The van der Waals surface area contributed by atoms with Crippen molar-refractivity contribution in [3.05, 3.63) is 59.7 Å². The van der Waals surface area contributed by atoms with E-state index < -0.39 is 11.9 Å². The SMILES string of the molecule is COc1ccc(C(=O)CCC(=O)Nc2ccc(C(=O)NCCC(=O)O)cc2)cc1. The van der Waals surface area contributed by atoms with Gasteiger partial charge in [-0.15, -0.1) is 0 Å². The Hall–Kier alpha value is -3.68. The highest BCUT2D eigenvalue weighted by Gasteiger charge is 2.11. The first-order chi connectivity index (χ1) is 13.9. The van der Waals surface area contributed by atoms with Crippen LogP contribution < -0.4 is 15.4 Å². The maximum absolute atomic E-state index is 12.1. The van der Waals surface area contributed by atoms with Gasteiger partial charge in [0.05, 0.1) is 13.5 Å². The molecule has 0 aliphatic rings. The van der Waals surface area contributed by atoms with Gasteiger partial charge < -0.3 is 20.5 Å². The fourth-order valence-electron chi connectivity index (χ4n) is 2.46. The first-order valence-electron chi connectivity index (χ1n) is 8.96. The molecule has 0 heterocycles. The van der Waals surface area contributed by atoms with Gasteiger partial charge >= 0.3 is 5.97 Å². The number of aliphatic carboxylic acids is 1. The number of hydrogen-bond donors (Lipinski definition) is 3. The predicted octanol–water partition coefficient (Wildman–Crippen LogP) is 2.50. The molecule has 2 amide bonds. The van der Waals surface area contributed by atoms with Gasteiger partial charge in [0.1, 0.15) is 5.75 Å². The standard InChI is InChI=1S/C21H22N2O6/c1-29-17-8-4-14(5-9-17)18(24)10-11-19(25)23-16-6-2-15(3-7-16)21(28)22-13-12-20(26)27/h2-9H,10-13H2,1H3,(H,22,28)(H,23,25)(H,26,27).